The number of hydrogen-bond donors (Lipinski definition) is 2. The van der Waals surface area contributed by atoms with E-state index in [4.69, 9.17) is 5.11 Å². The molecule has 0 saturated carbocycles. The van der Waals surface area contributed by atoms with E-state index in [9.17, 15) is 4.79 Å². The molecule has 0 aromatic heterocycles. The average Bonchev–Trinajstić information content (AvgIpc) is 2.32. The number of rotatable bonds is 3. The van der Waals surface area contributed by atoms with E-state index < -0.39 is 6.23 Å². The van der Waals surface area contributed by atoms with Gasteiger partial charge in [0.15, 0.2) is 0 Å². The topological polar surface area (TPSA) is 49.3 Å². The van der Waals surface area contributed by atoms with Gasteiger partial charge in [0.05, 0.1) is 6.04 Å². The molecular weight excluding hydrogens is 142 g/mol. The van der Waals surface area contributed by atoms with Crippen LogP contribution in [0.2, 0.25) is 0 Å². The summed E-state index contributed by atoms with van der Waals surface area (Å²) in [5.74, 6) is 0.222. The Bertz CT molecular complexity index is 158. The molecule has 3 nitrogen and oxygen atoms in total. The highest BCUT2D eigenvalue weighted by atomic mass is 16.3. The van der Waals surface area contributed by atoms with Crippen LogP contribution in [0.3, 0.4) is 0 Å². The van der Waals surface area contributed by atoms with Crippen LogP contribution < -0.4 is 5.32 Å². The third-order valence-corrected chi connectivity index (χ3v) is 2.03. The summed E-state index contributed by atoms with van der Waals surface area (Å²) in [6.07, 6.45) is 3.55. The quantitative estimate of drug-likeness (QED) is 0.447. The number of carbonyl (C=O) groups excluding carboxylic acids is 1. The van der Waals surface area contributed by atoms with Gasteiger partial charge in [-0.15, -0.1) is 6.58 Å². The molecule has 0 radical (unpaired) electrons. The second-order valence-electron chi connectivity index (χ2n) is 2.86. The van der Waals surface area contributed by atoms with Gasteiger partial charge in [0.25, 0.3) is 0 Å². The summed E-state index contributed by atoms with van der Waals surface area (Å²) in [5, 5.41) is 11.9. The fourth-order valence-electron chi connectivity index (χ4n) is 1.47. The van der Waals surface area contributed by atoms with Crippen LogP contribution in [0.15, 0.2) is 12.7 Å². The summed E-state index contributed by atoms with van der Waals surface area (Å²) >= 11 is 0. The van der Waals surface area contributed by atoms with Gasteiger partial charge in [-0.3, -0.25) is 5.32 Å². The summed E-state index contributed by atoms with van der Waals surface area (Å²) in [6.45, 7) is 3.59. The normalized spacial score (nSPS) is 37.0. The van der Waals surface area contributed by atoms with E-state index >= 15 is 0 Å². The van der Waals surface area contributed by atoms with Crippen molar-refractivity contribution < 1.29 is 9.90 Å². The highest BCUT2D eigenvalue weighted by Gasteiger charge is 2.30. The van der Waals surface area contributed by atoms with Crippen molar-refractivity contribution in [1.29, 1.82) is 0 Å². The maximum Gasteiger partial charge on any atom is 0.137 e. The van der Waals surface area contributed by atoms with Gasteiger partial charge in [0, 0.05) is 0 Å². The van der Waals surface area contributed by atoms with Crippen molar-refractivity contribution in [2.75, 3.05) is 0 Å². The highest BCUT2D eigenvalue weighted by Crippen LogP contribution is 2.21. The average molecular weight is 155 g/mol. The van der Waals surface area contributed by atoms with Crippen LogP contribution in [0.4, 0.5) is 0 Å². The van der Waals surface area contributed by atoms with E-state index in [1.807, 2.05) is 0 Å². The standard InChI is InChI=1S/C8H13NO2/c1-2-3-6-4-8(11)9-7(6)5-10/h2,5-9,11H,1,3-4H2/t6-,7+,8?/m0/s1. The Kier molecular flexibility index (Phi) is 2.79. The molecule has 1 rings (SSSR count). The first kappa shape index (κ1) is 8.43. The predicted molar refractivity (Wildman–Crippen MR) is 41.9 cm³/mol. The van der Waals surface area contributed by atoms with E-state index in [1.165, 1.54) is 0 Å². The first-order chi connectivity index (χ1) is 5.27. The van der Waals surface area contributed by atoms with E-state index in [0.29, 0.717) is 6.42 Å². The maximum absolute atomic E-state index is 10.4. The SMILES string of the molecule is C=CC[C@H]1CC(O)N[C@@H]1C=O. The molecular formula is C8H13NO2. The van der Waals surface area contributed by atoms with Gasteiger partial charge in [0.1, 0.15) is 12.5 Å². The summed E-state index contributed by atoms with van der Waals surface area (Å²) in [7, 11) is 0. The summed E-state index contributed by atoms with van der Waals surface area (Å²) in [5.41, 5.74) is 0. The Labute approximate surface area is 66.1 Å². The van der Waals surface area contributed by atoms with Gasteiger partial charge in [-0.05, 0) is 18.8 Å². The van der Waals surface area contributed by atoms with Crippen molar-refractivity contribution in [3.05, 3.63) is 12.7 Å². The summed E-state index contributed by atoms with van der Waals surface area (Å²) < 4.78 is 0. The van der Waals surface area contributed by atoms with E-state index in [2.05, 4.69) is 11.9 Å². The minimum absolute atomic E-state index is 0.192. The molecule has 3 heteroatoms. The third-order valence-electron chi connectivity index (χ3n) is 2.03. The Morgan fingerprint density at radius 3 is 3.00 bits per heavy atom. The highest BCUT2D eigenvalue weighted by molar-refractivity contribution is 5.58. The first-order valence-corrected chi connectivity index (χ1v) is 3.78. The zero-order chi connectivity index (χ0) is 8.27. The Balaban J connectivity index is 2.49. The van der Waals surface area contributed by atoms with Crippen LogP contribution in [0.5, 0.6) is 0 Å². The monoisotopic (exact) mass is 155 g/mol. The number of nitrogens with one attached hydrogen (secondary N) is 1. The van der Waals surface area contributed by atoms with Crippen molar-refractivity contribution in [1.82, 2.24) is 5.32 Å². The lowest BCUT2D eigenvalue weighted by Crippen LogP contribution is -2.32. The number of hydrogen-bond acceptors (Lipinski definition) is 3. The van der Waals surface area contributed by atoms with Gasteiger partial charge >= 0.3 is 0 Å². The molecule has 0 bridgehead atoms. The summed E-state index contributed by atoms with van der Waals surface area (Å²) in [4.78, 5) is 10.4. The van der Waals surface area contributed by atoms with Crippen molar-refractivity contribution in [2.45, 2.75) is 25.1 Å². The zero-order valence-corrected chi connectivity index (χ0v) is 6.36. The molecule has 0 aliphatic carbocycles. The second-order valence-corrected chi connectivity index (χ2v) is 2.86. The number of aliphatic hydroxyl groups excluding tert-OH is 1. The molecule has 1 fully saturated rings. The second kappa shape index (κ2) is 3.64. The van der Waals surface area contributed by atoms with Gasteiger partial charge < -0.3 is 9.90 Å². The maximum atomic E-state index is 10.4. The molecule has 0 amide bonds. The molecule has 0 spiro atoms. The molecule has 3 atom stereocenters. The number of aldehydes is 1. The van der Waals surface area contributed by atoms with Crippen LogP contribution in [0.25, 0.3) is 0 Å². The molecule has 0 aromatic rings. The molecule has 1 saturated heterocycles. The fourth-order valence-corrected chi connectivity index (χ4v) is 1.47. The van der Waals surface area contributed by atoms with Crippen molar-refractivity contribution in [3.63, 3.8) is 0 Å². The molecule has 1 heterocycles. The van der Waals surface area contributed by atoms with Gasteiger partial charge in [-0.1, -0.05) is 6.08 Å². The first-order valence-electron chi connectivity index (χ1n) is 3.78. The number of aliphatic hydroxyl groups is 1. The lowest BCUT2D eigenvalue weighted by molar-refractivity contribution is -0.110. The zero-order valence-electron chi connectivity index (χ0n) is 6.36. The molecule has 11 heavy (non-hydrogen) atoms. The third kappa shape index (κ3) is 1.88. The van der Waals surface area contributed by atoms with E-state index in [1.54, 1.807) is 6.08 Å². The molecule has 62 valence electrons. The molecule has 0 aromatic carbocycles. The van der Waals surface area contributed by atoms with Crippen LogP contribution in [0.1, 0.15) is 12.8 Å². The van der Waals surface area contributed by atoms with E-state index in [-0.39, 0.29) is 12.0 Å². The molecule has 1 unspecified atom stereocenters. The van der Waals surface area contributed by atoms with Crippen LogP contribution >= 0.6 is 0 Å². The van der Waals surface area contributed by atoms with Crippen LogP contribution in [-0.2, 0) is 4.79 Å². The van der Waals surface area contributed by atoms with Crippen LogP contribution in [-0.4, -0.2) is 23.7 Å². The van der Waals surface area contributed by atoms with Gasteiger partial charge in [-0.25, -0.2) is 0 Å². The summed E-state index contributed by atoms with van der Waals surface area (Å²) in [6, 6.07) is -0.192. The Morgan fingerprint density at radius 1 is 1.73 bits per heavy atom. The predicted octanol–water partition coefficient (Wildman–Crippen LogP) is 0.0579. The molecule has 1 aliphatic heterocycles. The molecule has 2 N–H and O–H groups in total. The lowest BCUT2D eigenvalue weighted by Gasteiger charge is -2.09. The minimum atomic E-state index is -0.518. The van der Waals surface area contributed by atoms with Crippen molar-refractivity contribution >= 4 is 6.29 Å². The minimum Gasteiger partial charge on any atom is -0.379 e. The van der Waals surface area contributed by atoms with E-state index in [0.717, 1.165) is 12.7 Å². The largest absolute Gasteiger partial charge is 0.379 e. The van der Waals surface area contributed by atoms with Crippen molar-refractivity contribution in [3.8, 4) is 0 Å². The Hall–Kier alpha value is -0.670. The lowest BCUT2D eigenvalue weighted by atomic mass is 9.98. The number of allylic oxidation sites excluding steroid dienone is 1. The van der Waals surface area contributed by atoms with Crippen molar-refractivity contribution in [2.24, 2.45) is 5.92 Å². The smallest absolute Gasteiger partial charge is 0.137 e. The van der Waals surface area contributed by atoms with Crippen LogP contribution in [0, 0.1) is 5.92 Å². The van der Waals surface area contributed by atoms with Gasteiger partial charge in [0.2, 0.25) is 0 Å². The molecule has 1 aliphatic rings. The van der Waals surface area contributed by atoms with Gasteiger partial charge in [-0.2, -0.15) is 0 Å². The fraction of sp³-hybridized carbons (Fsp3) is 0.625. The Morgan fingerprint density at radius 2 is 2.45 bits per heavy atom. The number of carbonyl (C=O) groups is 1.